The maximum Gasteiger partial charge on any atom is 0.0484 e. The second-order valence-corrected chi connectivity index (χ2v) is 4.26. The minimum absolute atomic E-state index is 0.692. The van der Waals surface area contributed by atoms with Crippen molar-refractivity contribution >= 4 is 21.6 Å². The highest BCUT2D eigenvalue weighted by atomic mass is 79.9. The van der Waals surface area contributed by atoms with E-state index in [9.17, 15) is 0 Å². The van der Waals surface area contributed by atoms with E-state index in [4.69, 9.17) is 5.73 Å². The van der Waals surface area contributed by atoms with E-state index in [2.05, 4.69) is 27.8 Å². The molecular formula is C14H10BrN. The van der Waals surface area contributed by atoms with E-state index in [1.807, 2.05) is 48.5 Å². The molecule has 0 atom stereocenters. The van der Waals surface area contributed by atoms with Gasteiger partial charge in [0.05, 0.1) is 0 Å². The Kier molecular flexibility index (Phi) is 3.28. The van der Waals surface area contributed by atoms with Crippen LogP contribution in [0.3, 0.4) is 0 Å². The Balaban J connectivity index is 2.31. The van der Waals surface area contributed by atoms with Crippen LogP contribution in [0.15, 0.2) is 53.0 Å². The van der Waals surface area contributed by atoms with Gasteiger partial charge in [-0.25, -0.2) is 0 Å². The lowest BCUT2D eigenvalue weighted by molar-refractivity contribution is 1.58. The summed E-state index contributed by atoms with van der Waals surface area (Å²) in [4.78, 5) is 0. The highest BCUT2D eigenvalue weighted by Crippen LogP contribution is 2.17. The highest BCUT2D eigenvalue weighted by molar-refractivity contribution is 9.10. The Labute approximate surface area is 103 Å². The van der Waals surface area contributed by atoms with Crippen LogP contribution in [0.4, 0.5) is 5.69 Å². The summed E-state index contributed by atoms with van der Waals surface area (Å²) in [5.41, 5.74) is 8.39. The Morgan fingerprint density at radius 1 is 0.938 bits per heavy atom. The Bertz CT molecular complexity index is 550. The smallest absolute Gasteiger partial charge is 0.0484 e. The molecule has 0 amide bonds. The lowest BCUT2D eigenvalue weighted by atomic mass is 10.1. The molecule has 0 fully saturated rings. The number of hydrogen-bond donors (Lipinski definition) is 1. The Morgan fingerprint density at radius 3 is 2.38 bits per heavy atom. The van der Waals surface area contributed by atoms with Gasteiger partial charge in [-0.3, -0.25) is 0 Å². The number of rotatable bonds is 0. The van der Waals surface area contributed by atoms with Crippen LogP contribution in [0.5, 0.6) is 0 Å². The third-order valence-electron chi connectivity index (χ3n) is 2.13. The van der Waals surface area contributed by atoms with Gasteiger partial charge in [-0.2, -0.15) is 0 Å². The summed E-state index contributed by atoms with van der Waals surface area (Å²) in [6.07, 6.45) is 0. The van der Waals surface area contributed by atoms with Gasteiger partial charge < -0.3 is 5.73 Å². The Hall–Kier alpha value is -1.72. The van der Waals surface area contributed by atoms with Crippen molar-refractivity contribution in [3.05, 3.63) is 64.1 Å². The third-order valence-corrected chi connectivity index (χ3v) is 2.62. The monoisotopic (exact) mass is 271 g/mol. The van der Waals surface area contributed by atoms with E-state index in [1.54, 1.807) is 0 Å². The van der Waals surface area contributed by atoms with Gasteiger partial charge in [-0.15, -0.1) is 0 Å². The molecule has 0 heterocycles. The third kappa shape index (κ3) is 2.65. The summed E-state index contributed by atoms with van der Waals surface area (Å²) in [6.45, 7) is 0. The number of anilines is 1. The molecule has 0 aromatic heterocycles. The summed E-state index contributed by atoms with van der Waals surface area (Å²) in [5, 5.41) is 0. The predicted octanol–water partition coefficient (Wildman–Crippen LogP) is 3.43. The van der Waals surface area contributed by atoms with E-state index in [-0.39, 0.29) is 0 Å². The minimum Gasteiger partial charge on any atom is -0.398 e. The lowest BCUT2D eigenvalue weighted by Crippen LogP contribution is -1.89. The molecule has 2 heteroatoms. The van der Waals surface area contributed by atoms with Crippen molar-refractivity contribution in [1.82, 2.24) is 0 Å². The van der Waals surface area contributed by atoms with Crippen molar-refractivity contribution in [2.45, 2.75) is 0 Å². The van der Waals surface area contributed by atoms with Crippen LogP contribution in [0, 0.1) is 11.8 Å². The minimum atomic E-state index is 0.692. The van der Waals surface area contributed by atoms with Gasteiger partial charge in [0, 0.05) is 21.3 Å². The molecule has 1 nitrogen and oxygen atoms in total. The van der Waals surface area contributed by atoms with Gasteiger partial charge in [0.2, 0.25) is 0 Å². The number of benzene rings is 2. The van der Waals surface area contributed by atoms with Crippen LogP contribution in [0.1, 0.15) is 11.1 Å². The average Bonchev–Trinajstić information content (AvgIpc) is 2.29. The zero-order valence-electron chi connectivity index (χ0n) is 8.57. The van der Waals surface area contributed by atoms with Crippen LogP contribution in [-0.4, -0.2) is 0 Å². The zero-order chi connectivity index (χ0) is 11.4. The van der Waals surface area contributed by atoms with Crippen molar-refractivity contribution in [3.8, 4) is 11.8 Å². The van der Waals surface area contributed by atoms with Gasteiger partial charge >= 0.3 is 0 Å². The summed E-state index contributed by atoms with van der Waals surface area (Å²) in [5.74, 6) is 6.14. The van der Waals surface area contributed by atoms with E-state index in [0.717, 1.165) is 15.6 Å². The molecule has 0 aliphatic carbocycles. The highest BCUT2D eigenvalue weighted by Gasteiger charge is 1.95. The molecule has 0 spiro atoms. The zero-order valence-corrected chi connectivity index (χ0v) is 10.2. The van der Waals surface area contributed by atoms with E-state index in [1.165, 1.54) is 0 Å². The fraction of sp³-hybridized carbons (Fsp3) is 0. The van der Waals surface area contributed by atoms with Gasteiger partial charge in [0.1, 0.15) is 0 Å². The lowest BCUT2D eigenvalue weighted by Gasteiger charge is -1.97. The van der Waals surface area contributed by atoms with Gasteiger partial charge in [0.25, 0.3) is 0 Å². The second-order valence-electron chi connectivity index (χ2n) is 3.35. The summed E-state index contributed by atoms with van der Waals surface area (Å²) in [6, 6.07) is 15.6. The maximum atomic E-state index is 5.85. The van der Waals surface area contributed by atoms with E-state index in [0.29, 0.717) is 5.69 Å². The second kappa shape index (κ2) is 4.87. The fourth-order valence-corrected chi connectivity index (χ4v) is 1.69. The van der Waals surface area contributed by atoms with Crippen molar-refractivity contribution < 1.29 is 0 Å². The molecule has 0 unspecified atom stereocenters. The van der Waals surface area contributed by atoms with Crippen LogP contribution < -0.4 is 5.73 Å². The molecule has 2 N–H and O–H groups in total. The van der Waals surface area contributed by atoms with Crippen molar-refractivity contribution in [2.24, 2.45) is 0 Å². The van der Waals surface area contributed by atoms with Crippen LogP contribution in [0.25, 0.3) is 0 Å². The maximum absolute atomic E-state index is 5.85. The van der Waals surface area contributed by atoms with Crippen molar-refractivity contribution in [2.75, 3.05) is 5.73 Å². The van der Waals surface area contributed by atoms with E-state index < -0.39 is 0 Å². The molecule has 0 saturated heterocycles. The largest absolute Gasteiger partial charge is 0.398 e. The van der Waals surface area contributed by atoms with Crippen LogP contribution >= 0.6 is 15.9 Å². The van der Waals surface area contributed by atoms with Crippen molar-refractivity contribution in [1.29, 1.82) is 0 Å². The Morgan fingerprint density at radius 2 is 1.69 bits per heavy atom. The summed E-state index contributed by atoms with van der Waals surface area (Å²) < 4.78 is 0.968. The van der Waals surface area contributed by atoms with E-state index >= 15 is 0 Å². The first-order chi connectivity index (χ1) is 7.75. The molecule has 0 aliphatic rings. The average molecular weight is 272 g/mol. The summed E-state index contributed by atoms with van der Waals surface area (Å²) in [7, 11) is 0. The molecule has 2 aromatic carbocycles. The number of nitrogens with two attached hydrogens (primary N) is 1. The fourth-order valence-electron chi connectivity index (χ4n) is 1.31. The van der Waals surface area contributed by atoms with Crippen LogP contribution in [0.2, 0.25) is 0 Å². The van der Waals surface area contributed by atoms with Gasteiger partial charge in [-0.05, 0) is 30.3 Å². The number of halogens is 1. The standard InChI is InChI=1S/C14H10BrN/c15-13-9-8-12(14(16)10-13)7-6-11-4-2-1-3-5-11/h1-5,8-10H,16H2. The molecule has 0 saturated carbocycles. The quantitative estimate of drug-likeness (QED) is 0.577. The van der Waals surface area contributed by atoms with Gasteiger partial charge in [-0.1, -0.05) is 46.0 Å². The first-order valence-corrected chi connectivity index (χ1v) is 5.67. The van der Waals surface area contributed by atoms with Crippen LogP contribution in [-0.2, 0) is 0 Å². The first kappa shape index (κ1) is 10.8. The first-order valence-electron chi connectivity index (χ1n) is 4.88. The summed E-state index contributed by atoms with van der Waals surface area (Å²) >= 11 is 3.36. The molecule has 0 bridgehead atoms. The molecule has 2 aromatic rings. The topological polar surface area (TPSA) is 26.0 Å². The number of nitrogen functional groups attached to an aromatic ring is 1. The molecule has 0 aliphatic heterocycles. The molecule has 78 valence electrons. The van der Waals surface area contributed by atoms with Crippen molar-refractivity contribution in [3.63, 3.8) is 0 Å². The normalized spacial score (nSPS) is 9.31. The molecule has 0 radical (unpaired) electrons. The SMILES string of the molecule is Nc1cc(Br)ccc1C#Cc1ccccc1. The molecular weight excluding hydrogens is 262 g/mol. The molecule has 2 rings (SSSR count). The molecule has 16 heavy (non-hydrogen) atoms. The number of hydrogen-bond acceptors (Lipinski definition) is 1. The predicted molar refractivity (Wildman–Crippen MR) is 71.0 cm³/mol. The van der Waals surface area contributed by atoms with Gasteiger partial charge in [0.15, 0.2) is 0 Å².